The molecule has 0 saturated carbocycles. The second kappa shape index (κ2) is 5.44. The van der Waals surface area contributed by atoms with Gasteiger partial charge in [-0.05, 0) is 37.6 Å². The SMILES string of the molecule is CCc1c(C)[nH]c2c(Oc3ccccc3)cccc2c1=O. The summed E-state index contributed by atoms with van der Waals surface area (Å²) in [5.74, 6) is 1.42. The summed E-state index contributed by atoms with van der Waals surface area (Å²) in [6.07, 6.45) is 0.723. The molecule has 3 heteroatoms. The van der Waals surface area contributed by atoms with E-state index in [1.807, 2.05) is 62.4 Å². The maximum Gasteiger partial charge on any atom is 0.192 e. The van der Waals surface area contributed by atoms with Crippen LogP contribution in [-0.2, 0) is 6.42 Å². The molecule has 1 N–H and O–H groups in total. The maximum atomic E-state index is 12.5. The average molecular weight is 279 g/mol. The summed E-state index contributed by atoms with van der Waals surface area (Å²) in [7, 11) is 0. The molecule has 0 radical (unpaired) electrons. The minimum atomic E-state index is 0.0854. The van der Waals surface area contributed by atoms with Gasteiger partial charge in [0.2, 0.25) is 0 Å². The van der Waals surface area contributed by atoms with Crippen molar-refractivity contribution in [3.05, 3.63) is 70.0 Å². The molecule has 3 nitrogen and oxygen atoms in total. The number of aryl methyl sites for hydroxylation is 1. The molecule has 106 valence electrons. The Morgan fingerprint density at radius 1 is 1.05 bits per heavy atom. The summed E-state index contributed by atoms with van der Waals surface area (Å²) >= 11 is 0. The number of ether oxygens (including phenoxy) is 1. The molecule has 2 aromatic carbocycles. The number of para-hydroxylation sites is 2. The first kappa shape index (κ1) is 13.4. The van der Waals surface area contributed by atoms with Crippen LogP contribution >= 0.6 is 0 Å². The second-order valence-electron chi connectivity index (χ2n) is 5.01. The van der Waals surface area contributed by atoms with Crippen LogP contribution in [-0.4, -0.2) is 4.98 Å². The Balaban J connectivity index is 2.19. The molecule has 0 saturated heterocycles. The highest BCUT2D eigenvalue weighted by Crippen LogP contribution is 2.27. The molecule has 3 aromatic rings. The molecule has 0 fully saturated rings. The number of hydrogen-bond donors (Lipinski definition) is 1. The molecule has 0 spiro atoms. The van der Waals surface area contributed by atoms with Gasteiger partial charge in [0.05, 0.1) is 5.52 Å². The number of H-pyrrole nitrogens is 1. The third-order valence-corrected chi connectivity index (χ3v) is 3.63. The Kier molecular flexibility index (Phi) is 3.48. The highest BCUT2D eigenvalue weighted by atomic mass is 16.5. The van der Waals surface area contributed by atoms with Gasteiger partial charge in [-0.15, -0.1) is 0 Å². The molecule has 0 amide bonds. The van der Waals surface area contributed by atoms with E-state index in [0.29, 0.717) is 11.1 Å². The van der Waals surface area contributed by atoms with Gasteiger partial charge in [-0.1, -0.05) is 31.2 Å². The summed E-state index contributed by atoms with van der Waals surface area (Å²) < 4.78 is 5.90. The van der Waals surface area contributed by atoms with E-state index in [2.05, 4.69) is 4.98 Å². The molecule has 0 aliphatic rings. The van der Waals surface area contributed by atoms with E-state index in [1.165, 1.54) is 0 Å². The summed E-state index contributed by atoms with van der Waals surface area (Å²) in [5, 5.41) is 0.672. The monoisotopic (exact) mass is 279 g/mol. The minimum Gasteiger partial charge on any atom is -0.455 e. The second-order valence-corrected chi connectivity index (χ2v) is 5.01. The van der Waals surface area contributed by atoms with E-state index in [0.717, 1.165) is 28.9 Å². The smallest absolute Gasteiger partial charge is 0.192 e. The Bertz CT molecular complexity index is 835. The van der Waals surface area contributed by atoms with Crippen LogP contribution in [0, 0.1) is 6.92 Å². The Morgan fingerprint density at radius 2 is 1.81 bits per heavy atom. The molecule has 0 atom stereocenters. The topological polar surface area (TPSA) is 42.1 Å². The number of rotatable bonds is 3. The van der Waals surface area contributed by atoms with Crippen LogP contribution < -0.4 is 10.2 Å². The predicted octanol–water partition coefficient (Wildman–Crippen LogP) is 4.19. The van der Waals surface area contributed by atoms with Crippen molar-refractivity contribution in [3.63, 3.8) is 0 Å². The van der Waals surface area contributed by atoms with Gasteiger partial charge in [-0.3, -0.25) is 4.79 Å². The predicted molar refractivity (Wildman–Crippen MR) is 85.2 cm³/mol. The first-order valence-corrected chi connectivity index (χ1v) is 7.08. The molecule has 1 heterocycles. The molecule has 0 aliphatic carbocycles. The van der Waals surface area contributed by atoms with Crippen LogP contribution in [0.3, 0.4) is 0 Å². The summed E-state index contributed by atoms with van der Waals surface area (Å²) in [4.78, 5) is 15.8. The number of nitrogens with one attached hydrogen (secondary N) is 1. The van der Waals surface area contributed by atoms with E-state index in [4.69, 9.17) is 4.74 Å². The third-order valence-electron chi connectivity index (χ3n) is 3.63. The van der Waals surface area contributed by atoms with Gasteiger partial charge in [0.25, 0.3) is 0 Å². The van der Waals surface area contributed by atoms with Crippen molar-refractivity contribution in [2.75, 3.05) is 0 Å². The van der Waals surface area contributed by atoms with Gasteiger partial charge in [0, 0.05) is 16.6 Å². The van der Waals surface area contributed by atoms with Gasteiger partial charge in [0.15, 0.2) is 11.2 Å². The van der Waals surface area contributed by atoms with E-state index in [9.17, 15) is 4.79 Å². The highest BCUT2D eigenvalue weighted by Gasteiger charge is 2.11. The van der Waals surface area contributed by atoms with Crippen molar-refractivity contribution < 1.29 is 4.74 Å². The van der Waals surface area contributed by atoms with Crippen LogP contribution in [0.25, 0.3) is 10.9 Å². The number of benzene rings is 2. The third kappa shape index (κ3) is 2.42. The Labute approximate surface area is 123 Å². The molecular formula is C18H17NO2. The number of hydrogen-bond acceptors (Lipinski definition) is 2. The molecule has 0 aliphatic heterocycles. The lowest BCUT2D eigenvalue weighted by Crippen LogP contribution is -2.12. The van der Waals surface area contributed by atoms with Crippen molar-refractivity contribution in [3.8, 4) is 11.5 Å². The van der Waals surface area contributed by atoms with Crippen LogP contribution in [0.1, 0.15) is 18.2 Å². The Morgan fingerprint density at radius 3 is 2.52 bits per heavy atom. The summed E-state index contributed by atoms with van der Waals surface area (Å²) in [6.45, 7) is 3.92. The molecule has 0 unspecified atom stereocenters. The fraction of sp³-hybridized carbons (Fsp3) is 0.167. The maximum absolute atomic E-state index is 12.5. The van der Waals surface area contributed by atoms with Crippen LogP contribution in [0.5, 0.6) is 11.5 Å². The van der Waals surface area contributed by atoms with Crippen molar-refractivity contribution in [2.45, 2.75) is 20.3 Å². The number of fused-ring (bicyclic) bond motifs is 1. The van der Waals surface area contributed by atoms with Crippen molar-refractivity contribution in [1.29, 1.82) is 0 Å². The quantitative estimate of drug-likeness (QED) is 0.781. The standard InChI is InChI=1S/C18H17NO2/c1-3-14-12(2)19-17-15(18(14)20)10-7-11-16(17)21-13-8-5-4-6-9-13/h4-11H,3H2,1-2H3,(H,19,20). The largest absolute Gasteiger partial charge is 0.455 e. The first-order valence-electron chi connectivity index (χ1n) is 7.08. The average Bonchev–Trinajstić information content (AvgIpc) is 2.50. The molecule has 21 heavy (non-hydrogen) atoms. The summed E-state index contributed by atoms with van der Waals surface area (Å²) in [5.41, 5.74) is 2.57. The van der Waals surface area contributed by atoms with E-state index < -0.39 is 0 Å². The zero-order chi connectivity index (χ0) is 14.8. The molecule has 1 aromatic heterocycles. The Hall–Kier alpha value is -2.55. The lowest BCUT2D eigenvalue weighted by Gasteiger charge is -2.11. The van der Waals surface area contributed by atoms with Crippen molar-refractivity contribution >= 4 is 10.9 Å². The van der Waals surface area contributed by atoms with Gasteiger partial charge in [-0.25, -0.2) is 0 Å². The molecule has 0 bridgehead atoms. The van der Waals surface area contributed by atoms with Crippen LogP contribution in [0.2, 0.25) is 0 Å². The minimum absolute atomic E-state index is 0.0854. The van der Waals surface area contributed by atoms with E-state index in [-0.39, 0.29) is 5.43 Å². The highest BCUT2D eigenvalue weighted by molar-refractivity contribution is 5.85. The number of aromatic amines is 1. The van der Waals surface area contributed by atoms with Gasteiger partial charge in [-0.2, -0.15) is 0 Å². The fourth-order valence-corrected chi connectivity index (χ4v) is 2.57. The normalized spacial score (nSPS) is 10.8. The van der Waals surface area contributed by atoms with Gasteiger partial charge in [0.1, 0.15) is 5.75 Å². The number of pyridine rings is 1. The van der Waals surface area contributed by atoms with Crippen LogP contribution in [0.15, 0.2) is 53.3 Å². The van der Waals surface area contributed by atoms with Gasteiger partial charge < -0.3 is 9.72 Å². The molecular weight excluding hydrogens is 262 g/mol. The first-order chi connectivity index (χ1) is 10.2. The zero-order valence-electron chi connectivity index (χ0n) is 12.1. The van der Waals surface area contributed by atoms with Crippen molar-refractivity contribution in [1.82, 2.24) is 4.98 Å². The lowest BCUT2D eigenvalue weighted by atomic mass is 10.1. The van der Waals surface area contributed by atoms with E-state index in [1.54, 1.807) is 0 Å². The molecule has 3 rings (SSSR count). The lowest BCUT2D eigenvalue weighted by molar-refractivity contribution is 0.487. The van der Waals surface area contributed by atoms with Gasteiger partial charge >= 0.3 is 0 Å². The van der Waals surface area contributed by atoms with Crippen molar-refractivity contribution in [2.24, 2.45) is 0 Å². The van der Waals surface area contributed by atoms with E-state index >= 15 is 0 Å². The number of aromatic nitrogens is 1. The van der Waals surface area contributed by atoms with Crippen LogP contribution in [0.4, 0.5) is 0 Å². The zero-order valence-corrected chi connectivity index (χ0v) is 12.1. The fourth-order valence-electron chi connectivity index (χ4n) is 2.57. The summed E-state index contributed by atoms with van der Waals surface area (Å²) in [6, 6.07) is 15.1.